The molecule has 2 bridgehead atoms. The molecule has 4 N–H and O–H groups in total. The number of sulfonamides is 1. The molecule has 2 saturated carbocycles. The number of hydrogen-bond donors (Lipinski definition) is 3. The average molecular weight is 323 g/mol. The summed E-state index contributed by atoms with van der Waals surface area (Å²) in [6, 6.07) is 6.17. The van der Waals surface area contributed by atoms with E-state index in [9.17, 15) is 13.2 Å². The summed E-state index contributed by atoms with van der Waals surface area (Å²) >= 11 is 0. The Labute approximate surface area is 130 Å². The van der Waals surface area contributed by atoms with Crippen molar-refractivity contribution in [3.8, 4) is 0 Å². The van der Waals surface area contributed by atoms with Crippen molar-refractivity contribution >= 4 is 21.6 Å². The predicted molar refractivity (Wildman–Crippen MR) is 83.6 cm³/mol. The van der Waals surface area contributed by atoms with E-state index in [0.29, 0.717) is 17.5 Å². The maximum absolute atomic E-state index is 12.5. The minimum absolute atomic E-state index is 0.0806. The summed E-state index contributed by atoms with van der Waals surface area (Å²) in [5.74, 6) is 0.558. The Balaban J connectivity index is 1.76. The van der Waals surface area contributed by atoms with Crippen LogP contribution in [0.5, 0.6) is 0 Å². The number of anilines is 1. The third-order valence-electron chi connectivity index (χ3n) is 4.96. The second kappa shape index (κ2) is 5.64. The molecule has 2 aliphatic carbocycles. The Hall–Kier alpha value is -1.44. The van der Waals surface area contributed by atoms with Gasteiger partial charge in [-0.25, -0.2) is 13.1 Å². The van der Waals surface area contributed by atoms with Crippen molar-refractivity contribution in [2.24, 2.45) is 23.5 Å². The first-order chi connectivity index (χ1) is 10.4. The zero-order chi connectivity index (χ0) is 15.9. The number of carbonyl (C=O) groups is 1. The summed E-state index contributed by atoms with van der Waals surface area (Å²) < 4.78 is 25.9. The Kier molecular flexibility index (Phi) is 3.96. The van der Waals surface area contributed by atoms with Crippen molar-refractivity contribution in [3.05, 3.63) is 24.3 Å². The molecule has 4 atom stereocenters. The third-order valence-corrected chi connectivity index (χ3v) is 6.38. The highest BCUT2D eigenvalue weighted by molar-refractivity contribution is 7.89. The van der Waals surface area contributed by atoms with Gasteiger partial charge in [0.15, 0.2) is 0 Å². The lowest BCUT2D eigenvalue weighted by Gasteiger charge is -2.27. The number of benzene rings is 1. The minimum Gasteiger partial charge on any atom is -0.327 e. The lowest BCUT2D eigenvalue weighted by molar-refractivity contribution is -0.121. The first kappa shape index (κ1) is 15.5. The number of hydrogen-bond acceptors (Lipinski definition) is 4. The summed E-state index contributed by atoms with van der Waals surface area (Å²) in [7, 11) is -2.16. The fraction of sp³-hybridized carbons (Fsp3) is 0.533. The Morgan fingerprint density at radius 1 is 1.27 bits per heavy atom. The SMILES string of the molecule is CNS(=O)(=O)c1cccc(NC(=O)C2C3CCC(C3)C2N)c1. The molecular weight excluding hydrogens is 302 g/mol. The second-order valence-electron chi connectivity index (χ2n) is 6.16. The Morgan fingerprint density at radius 3 is 2.64 bits per heavy atom. The van der Waals surface area contributed by atoms with Crippen LogP contribution >= 0.6 is 0 Å². The minimum atomic E-state index is -3.52. The molecule has 0 radical (unpaired) electrons. The van der Waals surface area contributed by atoms with E-state index in [1.54, 1.807) is 12.1 Å². The second-order valence-corrected chi connectivity index (χ2v) is 8.05. The van der Waals surface area contributed by atoms with Crippen LogP contribution in [-0.4, -0.2) is 27.4 Å². The Bertz CT molecular complexity index is 687. The van der Waals surface area contributed by atoms with Crippen molar-refractivity contribution in [2.75, 3.05) is 12.4 Å². The molecule has 4 unspecified atom stereocenters. The summed E-state index contributed by atoms with van der Waals surface area (Å²) in [4.78, 5) is 12.6. The van der Waals surface area contributed by atoms with Crippen molar-refractivity contribution in [1.29, 1.82) is 0 Å². The summed E-state index contributed by atoms with van der Waals surface area (Å²) in [5.41, 5.74) is 6.66. The van der Waals surface area contributed by atoms with E-state index in [-0.39, 0.29) is 22.8 Å². The van der Waals surface area contributed by atoms with Gasteiger partial charge in [-0.3, -0.25) is 4.79 Å². The van der Waals surface area contributed by atoms with Gasteiger partial charge in [-0.15, -0.1) is 0 Å². The van der Waals surface area contributed by atoms with Gasteiger partial charge < -0.3 is 11.1 Å². The molecule has 22 heavy (non-hydrogen) atoms. The molecule has 0 heterocycles. The van der Waals surface area contributed by atoms with E-state index in [4.69, 9.17) is 5.73 Å². The maximum atomic E-state index is 12.5. The van der Waals surface area contributed by atoms with Crippen molar-refractivity contribution in [3.63, 3.8) is 0 Å². The number of fused-ring (bicyclic) bond motifs is 2. The zero-order valence-electron chi connectivity index (χ0n) is 12.5. The van der Waals surface area contributed by atoms with Crippen molar-refractivity contribution < 1.29 is 13.2 Å². The Morgan fingerprint density at radius 2 is 2.00 bits per heavy atom. The van der Waals surface area contributed by atoms with Crippen LogP contribution in [0.15, 0.2) is 29.2 Å². The average Bonchev–Trinajstić information content (AvgIpc) is 3.08. The standard InChI is InChI=1S/C15H21N3O3S/c1-17-22(20,21)12-4-2-3-11(8-12)18-15(19)13-9-5-6-10(7-9)14(13)16/h2-4,8-10,13-14,17H,5-7,16H2,1H3,(H,18,19). The molecule has 0 aromatic heterocycles. The highest BCUT2D eigenvalue weighted by Crippen LogP contribution is 2.47. The first-order valence-corrected chi connectivity index (χ1v) is 9.01. The molecule has 1 amide bonds. The molecule has 1 aromatic rings. The first-order valence-electron chi connectivity index (χ1n) is 7.52. The molecule has 0 spiro atoms. The molecular formula is C15H21N3O3S. The van der Waals surface area contributed by atoms with E-state index < -0.39 is 10.0 Å². The zero-order valence-corrected chi connectivity index (χ0v) is 13.3. The van der Waals surface area contributed by atoms with E-state index in [0.717, 1.165) is 19.3 Å². The highest BCUT2D eigenvalue weighted by Gasteiger charge is 2.49. The fourth-order valence-corrected chi connectivity index (χ4v) is 4.58. The van der Waals surface area contributed by atoms with Crippen molar-refractivity contribution in [1.82, 2.24) is 4.72 Å². The van der Waals surface area contributed by atoms with Crippen LogP contribution < -0.4 is 15.8 Å². The van der Waals surface area contributed by atoms with E-state index >= 15 is 0 Å². The number of nitrogens with one attached hydrogen (secondary N) is 2. The molecule has 120 valence electrons. The summed E-state index contributed by atoms with van der Waals surface area (Å²) in [5, 5.41) is 2.82. The van der Waals surface area contributed by atoms with Gasteiger partial charge >= 0.3 is 0 Å². The quantitative estimate of drug-likeness (QED) is 0.766. The molecule has 0 saturated heterocycles. The van der Waals surface area contributed by atoms with Gasteiger partial charge in [0.1, 0.15) is 0 Å². The maximum Gasteiger partial charge on any atom is 0.240 e. The molecule has 6 nitrogen and oxygen atoms in total. The van der Waals surface area contributed by atoms with E-state index in [1.165, 1.54) is 19.2 Å². The highest BCUT2D eigenvalue weighted by atomic mass is 32.2. The van der Waals surface area contributed by atoms with Gasteiger partial charge in [0.2, 0.25) is 15.9 Å². The normalized spacial score (nSPS) is 30.5. The van der Waals surface area contributed by atoms with Crippen LogP contribution in [0.1, 0.15) is 19.3 Å². The number of carbonyl (C=O) groups excluding carboxylic acids is 1. The van der Waals surface area contributed by atoms with Gasteiger partial charge in [0.05, 0.1) is 10.8 Å². The van der Waals surface area contributed by atoms with Crippen LogP contribution in [-0.2, 0) is 14.8 Å². The third kappa shape index (κ3) is 2.64. The number of rotatable bonds is 4. The molecule has 1 aromatic carbocycles. The largest absolute Gasteiger partial charge is 0.327 e. The molecule has 0 aliphatic heterocycles. The van der Waals surface area contributed by atoms with Gasteiger partial charge in [0.25, 0.3) is 0 Å². The van der Waals surface area contributed by atoms with Crippen molar-refractivity contribution in [2.45, 2.75) is 30.2 Å². The summed E-state index contributed by atoms with van der Waals surface area (Å²) in [6.45, 7) is 0. The molecule has 2 aliphatic rings. The van der Waals surface area contributed by atoms with E-state index in [1.807, 2.05) is 0 Å². The van der Waals surface area contributed by atoms with Gasteiger partial charge in [-0.1, -0.05) is 6.07 Å². The smallest absolute Gasteiger partial charge is 0.240 e. The lowest BCUT2D eigenvalue weighted by atomic mass is 9.84. The summed E-state index contributed by atoms with van der Waals surface area (Å²) in [6.07, 6.45) is 3.21. The van der Waals surface area contributed by atoms with Gasteiger partial charge in [-0.05, 0) is 56.3 Å². The predicted octanol–water partition coefficient (Wildman–Crippen LogP) is 0.907. The van der Waals surface area contributed by atoms with E-state index in [2.05, 4.69) is 10.0 Å². The topological polar surface area (TPSA) is 101 Å². The monoisotopic (exact) mass is 323 g/mol. The number of amides is 1. The van der Waals surface area contributed by atoms with Crippen LogP contribution in [0.25, 0.3) is 0 Å². The number of nitrogens with two attached hydrogens (primary N) is 1. The van der Waals surface area contributed by atoms with Gasteiger partial charge in [0, 0.05) is 11.7 Å². The van der Waals surface area contributed by atoms with Crippen LogP contribution in [0.2, 0.25) is 0 Å². The lowest BCUT2D eigenvalue weighted by Crippen LogP contribution is -2.42. The van der Waals surface area contributed by atoms with Crippen LogP contribution in [0.3, 0.4) is 0 Å². The van der Waals surface area contributed by atoms with Crippen LogP contribution in [0.4, 0.5) is 5.69 Å². The fourth-order valence-electron chi connectivity index (χ4n) is 3.81. The molecule has 7 heteroatoms. The molecule has 3 rings (SSSR count). The van der Waals surface area contributed by atoms with Crippen LogP contribution in [0, 0.1) is 17.8 Å². The van der Waals surface area contributed by atoms with Gasteiger partial charge in [-0.2, -0.15) is 0 Å². The molecule has 2 fully saturated rings.